The summed E-state index contributed by atoms with van der Waals surface area (Å²) in [4.78, 5) is 24.1. The molecule has 0 bridgehead atoms. The summed E-state index contributed by atoms with van der Waals surface area (Å²) in [7, 11) is 0. The van der Waals surface area contributed by atoms with Crippen molar-refractivity contribution in [3.8, 4) is 0 Å². The summed E-state index contributed by atoms with van der Waals surface area (Å²) < 4.78 is 11.1. The van der Waals surface area contributed by atoms with Crippen LogP contribution in [-0.2, 0) is 9.53 Å². The Labute approximate surface area is 207 Å². The second-order valence-corrected chi connectivity index (χ2v) is 12.4. The molecule has 2 N–H and O–H groups in total. The predicted molar refractivity (Wildman–Crippen MR) is 132 cm³/mol. The maximum absolute atomic E-state index is 12.6. The number of carbonyl (C=O) groups is 1. The quantitative estimate of drug-likeness (QED) is 0.489. The van der Waals surface area contributed by atoms with E-state index in [-0.39, 0.29) is 46.4 Å². The highest BCUT2D eigenvalue weighted by atomic mass is 16.5. The summed E-state index contributed by atoms with van der Waals surface area (Å²) >= 11 is 0. The van der Waals surface area contributed by atoms with Gasteiger partial charge in [-0.05, 0) is 112 Å². The van der Waals surface area contributed by atoms with Crippen molar-refractivity contribution in [2.45, 2.75) is 102 Å². The van der Waals surface area contributed by atoms with Crippen molar-refractivity contribution in [2.75, 3.05) is 6.54 Å². The molecule has 35 heavy (non-hydrogen) atoms. The third-order valence-electron chi connectivity index (χ3n) is 11.0. The molecule has 2 unspecified atom stereocenters. The maximum Gasteiger partial charge on any atom is 0.335 e. The fraction of sp³-hybridized carbons (Fsp3) is 0.724. The number of allylic oxidation sites excluding steroid dienone is 1. The molecule has 0 amide bonds. The number of aliphatic hydroxyl groups is 1. The number of hydrogen-bond acceptors (Lipinski definition) is 6. The van der Waals surface area contributed by atoms with Crippen LogP contribution in [0.2, 0.25) is 0 Å². The van der Waals surface area contributed by atoms with Crippen LogP contribution in [0, 0.1) is 22.7 Å². The number of fused-ring (bicyclic) bond motifs is 5. The molecule has 6 nitrogen and oxygen atoms in total. The maximum atomic E-state index is 12.6. The molecule has 6 heteroatoms. The van der Waals surface area contributed by atoms with Crippen molar-refractivity contribution < 1.29 is 19.1 Å². The number of ether oxygens (including phenoxy) is 1. The van der Waals surface area contributed by atoms with Crippen LogP contribution in [0.3, 0.4) is 0 Å². The summed E-state index contributed by atoms with van der Waals surface area (Å²) in [6, 6.07) is 3.26. The molecule has 1 aliphatic heterocycles. The lowest BCUT2D eigenvalue weighted by molar-refractivity contribution is -0.178. The van der Waals surface area contributed by atoms with Crippen LogP contribution in [0.25, 0.3) is 0 Å². The highest BCUT2D eigenvalue weighted by molar-refractivity contribution is 5.76. The van der Waals surface area contributed by atoms with Gasteiger partial charge in [0.25, 0.3) is 0 Å². The molecule has 1 aromatic rings. The summed E-state index contributed by atoms with van der Waals surface area (Å²) in [6.07, 6.45) is 13.3. The van der Waals surface area contributed by atoms with Gasteiger partial charge in [-0.1, -0.05) is 19.4 Å². The topological polar surface area (TPSA) is 88.8 Å². The van der Waals surface area contributed by atoms with Gasteiger partial charge in [-0.15, -0.1) is 0 Å². The van der Waals surface area contributed by atoms with Crippen LogP contribution >= 0.6 is 0 Å². The first-order valence-corrected chi connectivity index (χ1v) is 13.7. The Bertz CT molecular complexity index is 1070. The molecule has 0 spiro atoms. The molecule has 0 aromatic carbocycles. The van der Waals surface area contributed by atoms with Crippen molar-refractivity contribution in [3.05, 3.63) is 46.0 Å². The monoisotopic (exact) mass is 481 g/mol. The number of rotatable bonds is 3. The van der Waals surface area contributed by atoms with Crippen molar-refractivity contribution in [3.63, 3.8) is 0 Å². The molecule has 2 heterocycles. The molecule has 4 aliphatic carbocycles. The minimum atomic E-state index is -0.706. The van der Waals surface area contributed by atoms with Gasteiger partial charge in [0.2, 0.25) is 0 Å². The Kier molecular flexibility index (Phi) is 5.57. The van der Waals surface area contributed by atoms with E-state index in [4.69, 9.17) is 9.15 Å². The van der Waals surface area contributed by atoms with E-state index in [0.717, 1.165) is 76.3 Å². The third kappa shape index (κ3) is 3.50. The fourth-order valence-electron chi connectivity index (χ4n) is 8.98. The van der Waals surface area contributed by atoms with Gasteiger partial charge in [-0.25, -0.2) is 4.79 Å². The van der Waals surface area contributed by atoms with Gasteiger partial charge >= 0.3 is 11.6 Å². The fourth-order valence-corrected chi connectivity index (χ4v) is 8.98. The molecule has 6 rings (SSSR count). The van der Waals surface area contributed by atoms with Crippen LogP contribution in [0.5, 0.6) is 0 Å². The van der Waals surface area contributed by atoms with E-state index >= 15 is 0 Å². The van der Waals surface area contributed by atoms with Gasteiger partial charge in [0.05, 0.1) is 11.9 Å². The van der Waals surface area contributed by atoms with Crippen LogP contribution in [0.1, 0.15) is 89.5 Å². The van der Waals surface area contributed by atoms with Crippen LogP contribution in [-0.4, -0.2) is 35.4 Å². The Hall–Kier alpha value is -1.92. The molecule has 0 radical (unpaired) electrons. The van der Waals surface area contributed by atoms with Gasteiger partial charge in [0, 0.05) is 11.5 Å². The van der Waals surface area contributed by atoms with E-state index in [1.54, 1.807) is 6.26 Å². The molecule has 3 saturated carbocycles. The number of carbonyl (C=O) groups excluding carboxylic acids is 1. The molecule has 1 saturated heterocycles. The first-order chi connectivity index (χ1) is 16.7. The van der Waals surface area contributed by atoms with Gasteiger partial charge in [0.15, 0.2) is 0 Å². The zero-order valence-corrected chi connectivity index (χ0v) is 21.1. The second-order valence-electron chi connectivity index (χ2n) is 12.4. The highest BCUT2D eigenvalue weighted by Gasteiger charge is 2.66. The van der Waals surface area contributed by atoms with E-state index in [1.165, 1.54) is 11.6 Å². The summed E-state index contributed by atoms with van der Waals surface area (Å²) in [6.45, 7) is 5.57. The van der Waals surface area contributed by atoms with E-state index in [2.05, 4.69) is 25.2 Å². The van der Waals surface area contributed by atoms with Gasteiger partial charge < -0.3 is 19.6 Å². The second kappa shape index (κ2) is 8.31. The standard InChI is InChI=1S/C29H39NO5/c1-27-12-9-20(35-26(32)24-4-3-15-30-24)16-19(27)6-7-23-22(27)10-13-28(2)21(11-14-29(23,28)33)18-5-8-25(31)34-17-18/h5,8,16-17,20-24,30,33H,3-4,6-7,9-15H2,1-2H3/t20-,21+,22?,23?,24-,27-,28+,29-/m0/s1. The molecule has 8 atom stereocenters. The smallest absolute Gasteiger partial charge is 0.335 e. The largest absolute Gasteiger partial charge is 0.457 e. The Morgan fingerprint density at radius 2 is 1.94 bits per heavy atom. The van der Waals surface area contributed by atoms with Crippen LogP contribution in [0.15, 0.2) is 39.3 Å². The first-order valence-electron chi connectivity index (χ1n) is 13.7. The molecular weight excluding hydrogens is 442 g/mol. The Morgan fingerprint density at radius 1 is 1.09 bits per heavy atom. The van der Waals surface area contributed by atoms with E-state index < -0.39 is 5.60 Å². The average molecular weight is 482 g/mol. The lowest BCUT2D eigenvalue weighted by Crippen LogP contribution is -2.60. The number of nitrogens with one attached hydrogen (secondary N) is 1. The van der Waals surface area contributed by atoms with E-state index in [9.17, 15) is 14.7 Å². The van der Waals surface area contributed by atoms with Gasteiger partial charge in [0.1, 0.15) is 12.1 Å². The Morgan fingerprint density at radius 3 is 2.69 bits per heavy atom. The highest BCUT2D eigenvalue weighted by Crippen LogP contribution is 2.70. The molecule has 190 valence electrons. The van der Waals surface area contributed by atoms with Crippen LogP contribution < -0.4 is 10.9 Å². The van der Waals surface area contributed by atoms with E-state index in [1.807, 2.05) is 6.07 Å². The normalized spacial score (nSPS) is 44.7. The third-order valence-corrected chi connectivity index (χ3v) is 11.0. The van der Waals surface area contributed by atoms with E-state index in [0.29, 0.717) is 5.92 Å². The van der Waals surface area contributed by atoms with Gasteiger partial charge in [-0.2, -0.15) is 0 Å². The minimum absolute atomic E-state index is 0.0616. The van der Waals surface area contributed by atoms with Gasteiger partial charge in [-0.3, -0.25) is 4.79 Å². The Balaban J connectivity index is 1.23. The predicted octanol–water partition coefficient (Wildman–Crippen LogP) is 4.46. The van der Waals surface area contributed by atoms with Crippen molar-refractivity contribution in [1.29, 1.82) is 0 Å². The average Bonchev–Trinajstić information content (AvgIpc) is 3.47. The molecule has 1 aromatic heterocycles. The molecule has 5 aliphatic rings. The summed E-state index contributed by atoms with van der Waals surface area (Å²) in [5.41, 5.74) is 1.30. The molecule has 4 fully saturated rings. The van der Waals surface area contributed by atoms with Crippen LogP contribution in [0.4, 0.5) is 0 Å². The minimum Gasteiger partial charge on any atom is -0.457 e. The molecular formula is C29H39NO5. The van der Waals surface area contributed by atoms with Crippen molar-refractivity contribution >= 4 is 5.97 Å². The zero-order chi connectivity index (χ0) is 24.4. The first kappa shape index (κ1) is 23.5. The lowest BCUT2D eigenvalue weighted by atomic mass is 9.45. The summed E-state index contributed by atoms with van der Waals surface area (Å²) in [5, 5.41) is 15.6. The van der Waals surface area contributed by atoms with Crippen molar-refractivity contribution in [2.24, 2.45) is 22.7 Å². The summed E-state index contributed by atoms with van der Waals surface area (Å²) in [5.74, 6) is 0.826. The number of esters is 1. The zero-order valence-electron chi connectivity index (χ0n) is 21.1. The number of hydrogen-bond donors (Lipinski definition) is 2. The lowest BCUT2D eigenvalue weighted by Gasteiger charge is -2.61. The SMILES string of the molecule is C[C@]12CC[C@H](OC(=O)[C@@H]3CCCN3)C=C1CCC1C2CC[C@]2(C)[C@@H](c3ccc(=O)oc3)CC[C@]12O. The van der Waals surface area contributed by atoms with Crippen molar-refractivity contribution in [1.82, 2.24) is 5.32 Å².